The second-order valence-corrected chi connectivity index (χ2v) is 5.79. The van der Waals surface area contributed by atoms with Gasteiger partial charge in [0, 0.05) is 12.1 Å². The van der Waals surface area contributed by atoms with Crippen molar-refractivity contribution in [1.29, 1.82) is 0 Å². The largest absolute Gasteiger partial charge is 0.444 e. The van der Waals surface area contributed by atoms with Crippen LogP contribution in [-0.2, 0) is 4.74 Å². The summed E-state index contributed by atoms with van der Waals surface area (Å²) in [5.41, 5.74) is -0.673. The molecule has 0 spiro atoms. The second-order valence-electron chi connectivity index (χ2n) is 5.79. The van der Waals surface area contributed by atoms with Crippen LogP contribution in [-0.4, -0.2) is 40.8 Å². The Bertz CT molecular complexity index is 541. The molecule has 7 heteroatoms. The van der Waals surface area contributed by atoms with E-state index in [0.717, 1.165) is 12.1 Å². The highest BCUT2D eigenvalue weighted by atomic mass is 19.1. The average molecular weight is 313 g/mol. The van der Waals surface area contributed by atoms with Gasteiger partial charge in [-0.25, -0.2) is 9.18 Å². The van der Waals surface area contributed by atoms with Crippen LogP contribution in [0.5, 0.6) is 0 Å². The Morgan fingerprint density at radius 3 is 2.59 bits per heavy atom. The number of aldehydes is 1. The third-order valence-electron chi connectivity index (χ3n) is 2.71. The third-order valence-corrected chi connectivity index (χ3v) is 2.71. The summed E-state index contributed by atoms with van der Waals surface area (Å²) >= 11 is 0. The van der Waals surface area contributed by atoms with Crippen LogP contribution in [0.1, 0.15) is 42.8 Å². The molecule has 1 aromatic carbocycles. The van der Waals surface area contributed by atoms with Crippen LogP contribution in [0.3, 0.4) is 0 Å². The average Bonchev–Trinajstić information content (AvgIpc) is 2.42. The number of nitrogens with one attached hydrogen (secondary N) is 1. The molecule has 0 fully saturated rings. The van der Waals surface area contributed by atoms with Crippen molar-refractivity contribution in [2.45, 2.75) is 38.6 Å². The number of aliphatic hydroxyl groups is 2. The van der Waals surface area contributed by atoms with E-state index in [-0.39, 0.29) is 17.7 Å². The van der Waals surface area contributed by atoms with Crippen LogP contribution in [0.2, 0.25) is 0 Å². The molecule has 0 aromatic heterocycles. The zero-order chi connectivity index (χ0) is 16.9. The molecule has 0 aliphatic heterocycles. The summed E-state index contributed by atoms with van der Waals surface area (Å²) in [6.07, 6.45) is -3.18. The van der Waals surface area contributed by atoms with Crippen molar-refractivity contribution in [3.8, 4) is 0 Å². The van der Waals surface area contributed by atoms with Crippen LogP contribution in [0.4, 0.5) is 9.18 Å². The van der Waals surface area contributed by atoms with Gasteiger partial charge in [-0.3, -0.25) is 4.79 Å². The molecule has 0 bridgehead atoms. The van der Waals surface area contributed by atoms with E-state index in [1.807, 2.05) is 0 Å². The highest BCUT2D eigenvalue weighted by Gasteiger charge is 2.23. The predicted molar refractivity (Wildman–Crippen MR) is 77.0 cm³/mol. The maximum Gasteiger partial charge on any atom is 0.407 e. The van der Waals surface area contributed by atoms with Crippen molar-refractivity contribution in [2.75, 3.05) is 6.54 Å². The Labute approximate surface area is 127 Å². The Kier molecular flexibility index (Phi) is 6.01. The summed E-state index contributed by atoms with van der Waals surface area (Å²) in [6, 6.07) is 3.24. The quantitative estimate of drug-likeness (QED) is 0.717. The molecule has 2 atom stereocenters. The number of ether oxygens (including phenoxy) is 1. The lowest BCUT2D eigenvalue weighted by Crippen LogP contribution is -2.39. The van der Waals surface area contributed by atoms with Crippen molar-refractivity contribution in [2.24, 2.45) is 0 Å². The smallest absolute Gasteiger partial charge is 0.407 e. The minimum absolute atomic E-state index is 0.0659. The number of carbonyl (C=O) groups excluding carboxylic acids is 2. The van der Waals surface area contributed by atoms with E-state index in [1.165, 1.54) is 6.07 Å². The number of hydrogen-bond acceptors (Lipinski definition) is 5. The fraction of sp³-hybridized carbons (Fsp3) is 0.467. The number of hydrogen-bond donors (Lipinski definition) is 3. The molecule has 0 aliphatic carbocycles. The first-order chi connectivity index (χ1) is 10.1. The molecule has 1 rings (SSSR count). The number of amides is 1. The van der Waals surface area contributed by atoms with E-state index >= 15 is 0 Å². The lowest BCUT2D eigenvalue weighted by atomic mass is 9.99. The van der Waals surface area contributed by atoms with Crippen molar-refractivity contribution in [3.05, 3.63) is 35.1 Å². The monoisotopic (exact) mass is 313 g/mol. The van der Waals surface area contributed by atoms with E-state index in [2.05, 4.69) is 5.32 Å². The lowest BCUT2D eigenvalue weighted by Gasteiger charge is -2.22. The van der Waals surface area contributed by atoms with Crippen molar-refractivity contribution < 1.29 is 28.9 Å². The van der Waals surface area contributed by atoms with Gasteiger partial charge in [0.15, 0.2) is 6.29 Å². The summed E-state index contributed by atoms with van der Waals surface area (Å²) in [4.78, 5) is 22.3. The highest BCUT2D eigenvalue weighted by molar-refractivity contribution is 5.77. The van der Waals surface area contributed by atoms with Crippen LogP contribution >= 0.6 is 0 Å². The molecule has 0 aliphatic rings. The summed E-state index contributed by atoms with van der Waals surface area (Å²) in [5.74, 6) is -0.626. The number of aliphatic hydroxyl groups excluding tert-OH is 2. The van der Waals surface area contributed by atoms with Crippen LogP contribution in [0, 0.1) is 5.82 Å². The van der Waals surface area contributed by atoms with Gasteiger partial charge < -0.3 is 20.3 Å². The summed E-state index contributed by atoms with van der Waals surface area (Å²) in [6.45, 7) is 4.78. The van der Waals surface area contributed by atoms with E-state index in [1.54, 1.807) is 20.8 Å². The van der Waals surface area contributed by atoms with Gasteiger partial charge in [0.05, 0.1) is 0 Å². The van der Waals surface area contributed by atoms with Crippen LogP contribution < -0.4 is 5.32 Å². The van der Waals surface area contributed by atoms with Gasteiger partial charge in [0.1, 0.15) is 23.6 Å². The minimum Gasteiger partial charge on any atom is -0.444 e. The van der Waals surface area contributed by atoms with Gasteiger partial charge in [-0.2, -0.15) is 0 Å². The Morgan fingerprint density at radius 2 is 2.05 bits per heavy atom. The first-order valence-electron chi connectivity index (χ1n) is 6.71. The molecule has 0 radical (unpaired) electrons. The van der Waals surface area contributed by atoms with E-state index in [9.17, 15) is 24.2 Å². The van der Waals surface area contributed by atoms with Gasteiger partial charge in [-0.1, -0.05) is 6.07 Å². The maximum atomic E-state index is 13.0. The number of benzene rings is 1. The standard InChI is InChI=1S/C15H20FNO5/c1-15(2,3)22-14(21)17-7-12(19)13(20)11-5-4-10(16)6-9(11)8-18/h4-6,8,12-13,19-20H,7H2,1-3H3,(H,17,21). The molecule has 122 valence electrons. The fourth-order valence-corrected chi connectivity index (χ4v) is 1.74. The third kappa shape index (κ3) is 5.42. The molecule has 1 aromatic rings. The number of carbonyl (C=O) groups is 2. The molecular weight excluding hydrogens is 293 g/mol. The fourth-order valence-electron chi connectivity index (χ4n) is 1.74. The first kappa shape index (κ1) is 18.1. The van der Waals surface area contributed by atoms with Gasteiger partial charge in [-0.15, -0.1) is 0 Å². The molecule has 0 saturated heterocycles. The molecule has 6 nitrogen and oxygen atoms in total. The van der Waals surface area contributed by atoms with Gasteiger partial charge in [0.25, 0.3) is 0 Å². The summed E-state index contributed by atoms with van der Waals surface area (Å²) in [5, 5.41) is 22.2. The Balaban J connectivity index is 2.68. The van der Waals surface area contributed by atoms with Gasteiger partial charge in [-0.05, 0) is 38.5 Å². The lowest BCUT2D eigenvalue weighted by molar-refractivity contribution is 0.0126. The normalized spacial score (nSPS) is 14.1. The van der Waals surface area contributed by atoms with E-state index < -0.39 is 29.7 Å². The minimum atomic E-state index is -1.45. The number of halogens is 1. The molecule has 0 heterocycles. The molecule has 0 saturated carbocycles. The molecule has 22 heavy (non-hydrogen) atoms. The Hall–Kier alpha value is -1.99. The summed E-state index contributed by atoms with van der Waals surface area (Å²) in [7, 11) is 0. The predicted octanol–water partition coefficient (Wildman–Crippen LogP) is 1.56. The van der Waals surface area contributed by atoms with Crippen molar-refractivity contribution in [3.63, 3.8) is 0 Å². The Morgan fingerprint density at radius 1 is 1.41 bits per heavy atom. The maximum absolute atomic E-state index is 13.0. The van der Waals surface area contributed by atoms with Crippen molar-refractivity contribution >= 4 is 12.4 Å². The zero-order valence-corrected chi connectivity index (χ0v) is 12.7. The van der Waals surface area contributed by atoms with E-state index in [4.69, 9.17) is 4.74 Å². The molecule has 1 amide bonds. The zero-order valence-electron chi connectivity index (χ0n) is 12.7. The SMILES string of the molecule is CC(C)(C)OC(=O)NCC(O)C(O)c1ccc(F)cc1C=O. The number of rotatable bonds is 5. The number of alkyl carbamates (subject to hydrolysis) is 1. The van der Waals surface area contributed by atoms with Gasteiger partial charge in [0.2, 0.25) is 0 Å². The first-order valence-corrected chi connectivity index (χ1v) is 6.71. The highest BCUT2D eigenvalue weighted by Crippen LogP contribution is 2.21. The molecular formula is C15H20FNO5. The van der Waals surface area contributed by atoms with Crippen LogP contribution in [0.25, 0.3) is 0 Å². The van der Waals surface area contributed by atoms with Gasteiger partial charge >= 0.3 is 6.09 Å². The second kappa shape index (κ2) is 7.33. The van der Waals surface area contributed by atoms with Crippen LogP contribution in [0.15, 0.2) is 18.2 Å². The molecule has 2 unspecified atom stereocenters. The van der Waals surface area contributed by atoms with E-state index in [0.29, 0.717) is 6.29 Å². The molecule has 3 N–H and O–H groups in total. The summed E-state index contributed by atoms with van der Waals surface area (Å²) < 4.78 is 18.0. The topological polar surface area (TPSA) is 95.9 Å². The van der Waals surface area contributed by atoms with Crippen molar-refractivity contribution in [1.82, 2.24) is 5.32 Å².